The van der Waals surface area contributed by atoms with Crippen molar-refractivity contribution in [1.29, 1.82) is 0 Å². The van der Waals surface area contributed by atoms with E-state index in [1.807, 2.05) is 20.8 Å². The van der Waals surface area contributed by atoms with Gasteiger partial charge < -0.3 is 19.5 Å². The number of hydrogen-bond donors (Lipinski definition) is 1. The molecular formula is C15H28N2O4. The van der Waals surface area contributed by atoms with Crippen LogP contribution >= 0.6 is 0 Å². The van der Waals surface area contributed by atoms with Crippen molar-refractivity contribution in [3.8, 4) is 0 Å². The molecule has 2 saturated heterocycles. The summed E-state index contributed by atoms with van der Waals surface area (Å²) >= 11 is 0. The molecule has 0 bridgehead atoms. The molecule has 21 heavy (non-hydrogen) atoms. The largest absolute Gasteiger partial charge is 0.444 e. The summed E-state index contributed by atoms with van der Waals surface area (Å²) in [7, 11) is 0. The highest BCUT2D eigenvalue weighted by Gasteiger charge is 2.42. The maximum atomic E-state index is 12.0. The molecular weight excluding hydrogens is 272 g/mol. The number of carbonyl (C=O) groups is 1. The molecule has 2 fully saturated rings. The first kappa shape index (κ1) is 16.5. The lowest BCUT2D eigenvalue weighted by Gasteiger charge is -2.47. The van der Waals surface area contributed by atoms with Crippen molar-refractivity contribution in [2.45, 2.75) is 57.9 Å². The van der Waals surface area contributed by atoms with Gasteiger partial charge in [-0.3, -0.25) is 4.90 Å². The van der Waals surface area contributed by atoms with Crippen LogP contribution in [0.3, 0.4) is 0 Å². The van der Waals surface area contributed by atoms with Crippen LogP contribution in [0.25, 0.3) is 0 Å². The fourth-order valence-corrected chi connectivity index (χ4v) is 2.87. The monoisotopic (exact) mass is 300 g/mol. The van der Waals surface area contributed by atoms with Crippen LogP contribution in [0.4, 0.5) is 4.79 Å². The number of likely N-dealkylation sites (tertiary alicyclic amines) is 1. The van der Waals surface area contributed by atoms with Gasteiger partial charge in [0.2, 0.25) is 0 Å². The number of carbonyl (C=O) groups excluding carboxylic acids is 1. The Bertz CT molecular complexity index is 363. The van der Waals surface area contributed by atoms with Crippen LogP contribution in [0.1, 0.15) is 34.1 Å². The molecule has 0 spiro atoms. The lowest BCUT2D eigenvalue weighted by molar-refractivity contribution is -0.0361. The third-order valence-corrected chi connectivity index (χ3v) is 3.91. The van der Waals surface area contributed by atoms with Crippen LogP contribution in [-0.2, 0) is 9.47 Å². The summed E-state index contributed by atoms with van der Waals surface area (Å²) in [6, 6.07) is 0.342. The van der Waals surface area contributed by atoms with Crippen LogP contribution in [-0.4, -0.2) is 77.6 Å². The van der Waals surface area contributed by atoms with Gasteiger partial charge in [-0.25, -0.2) is 4.79 Å². The molecule has 0 saturated carbocycles. The van der Waals surface area contributed by atoms with Crippen molar-refractivity contribution >= 4 is 6.09 Å². The maximum Gasteiger partial charge on any atom is 0.410 e. The van der Waals surface area contributed by atoms with Crippen LogP contribution < -0.4 is 0 Å². The third-order valence-electron chi connectivity index (χ3n) is 3.91. The summed E-state index contributed by atoms with van der Waals surface area (Å²) in [5.74, 6) is 0. The summed E-state index contributed by atoms with van der Waals surface area (Å²) in [5, 5.41) is 10.0. The number of rotatable bonds is 4. The maximum absolute atomic E-state index is 12.0. The van der Waals surface area contributed by atoms with E-state index in [1.165, 1.54) is 0 Å². The zero-order chi connectivity index (χ0) is 15.6. The van der Waals surface area contributed by atoms with Crippen LogP contribution in [0.15, 0.2) is 0 Å². The van der Waals surface area contributed by atoms with Crippen molar-refractivity contribution < 1.29 is 19.4 Å². The van der Waals surface area contributed by atoms with E-state index in [2.05, 4.69) is 11.8 Å². The molecule has 1 N–H and O–H groups in total. The smallest absolute Gasteiger partial charge is 0.410 e. The second-order valence-corrected chi connectivity index (χ2v) is 6.95. The third kappa shape index (κ3) is 4.08. The molecule has 2 heterocycles. The minimum atomic E-state index is -0.458. The molecule has 2 aliphatic heterocycles. The van der Waals surface area contributed by atoms with Gasteiger partial charge in [-0.1, -0.05) is 6.92 Å². The first-order valence-electron chi connectivity index (χ1n) is 7.81. The van der Waals surface area contributed by atoms with Gasteiger partial charge in [0.25, 0.3) is 0 Å². The van der Waals surface area contributed by atoms with Crippen LogP contribution in [0.5, 0.6) is 0 Å². The Labute approximate surface area is 127 Å². The zero-order valence-electron chi connectivity index (χ0n) is 13.5. The molecule has 0 aliphatic carbocycles. The van der Waals surface area contributed by atoms with Crippen molar-refractivity contribution in [2.75, 3.05) is 32.8 Å². The number of aliphatic hydroxyl groups excluding tert-OH is 1. The molecule has 6 heteroatoms. The van der Waals surface area contributed by atoms with E-state index in [0.717, 1.165) is 13.0 Å². The first-order valence-corrected chi connectivity index (χ1v) is 7.81. The summed E-state index contributed by atoms with van der Waals surface area (Å²) in [4.78, 5) is 16.0. The second-order valence-electron chi connectivity index (χ2n) is 6.95. The number of amides is 1. The van der Waals surface area contributed by atoms with Crippen LogP contribution in [0.2, 0.25) is 0 Å². The molecule has 2 aliphatic rings. The highest BCUT2D eigenvalue weighted by atomic mass is 16.6. The lowest BCUT2D eigenvalue weighted by atomic mass is 10.0. The van der Waals surface area contributed by atoms with Gasteiger partial charge in [0.05, 0.1) is 25.4 Å². The molecule has 0 radical (unpaired) electrons. The minimum absolute atomic E-state index is 0.0516. The van der Waals surface area contributed by atoms with Gasteiger partial charge in [0.15, 0.2) is 0 Å². The molecule has 0 unspecified atom stereocenters. The molecule has 0 aromatic carbocycles. The number of aliphatic hydroxyl groups is 1. The van der Waals surface area contributed by atoms with E-state index in [-0.39, 0.29) is 12.1 Å². The normalized spacial score (nSPS) is 27.0. The summed E-state index contributed by atoms with van der Waals surface area (Å²) < 4.78 is 10.7. The minimum Gasteiger partial charge on any atom is -0.444 e. The Morgan fingerprint density at radius 1 is 1.38 bits per heavy atom. The Hall–Kier alpha value is -0.850. The van der Waals surface area contributed by atoms with Gasteiger partial charge in [-0.05, 0) is 33.7 Å². The molecule has 122 valence electrons. The highest BCUT2D eigenvalue weighted by molar-refractivity contribution is 5.69. The van der Waals surface area contributed by atoms with Gasteiger partial charge in [-0.2, -0.15) is 0 Å². The highest BCUT2D eigenvalue weighted by Crippen LogP contribution is 2.24. The van der Waals surface area contributed by atoms with E-state index in [0.29, 0.717) is 32.3 Å². The fraction of sp³-hybridized carbons (Fsp3) is 0.933. The average Bonchev–Trinajstić information content (AvgIpc) is 2.69. The Balaban J connectivity index is 1.87. The predicted molar refractivity (Wildman–Crippen MR) is 79.2 cm³/mol. The summed E-state index contributed by atoms with van der Waals surface area (Å²) in [6.45, 7) is 11.0. The van der Waals surface area contributed by atoms with Gasteiger partial charge >= 0.3 is 6.09 Å². The zero-order valence-corrected chi connectivity index (χ0v) is 13.5. The lowest BCUT2D eigenvalue weighted by Crippen LogP contribution is -2.65. The van der Waals surface area contributed by atoms with E-state index < -0.39 is 11.7 Å². The SMILES string of the molecule is CCCN(C1CN(C(=O)OC(C)(C)C)C1)[C@@H]1COC[C@H]1O. The van der Waals surface area contributed by atoms with Gasteiger partial charge in [0, 0.05) is 19.1 Å². The van der Waals surface area contributed by atoms with Crippen LogP contribution in [0, 0.1) is 0 Å². The Kier molecular flexibility index (Phi) is 5.11. The van der Waals surface area contributed by atoms with Crippen molar-refractivity contribution in [3.63, 3.8) is 0 Å². The number of nitrogens with zero attached hydrogens (tertiary/aromatic N) is 2. The number of ether oxygens (including phenoxy) is 2. The Morgan fingerprint density at radius 3 is 2.52 bits per heavy atom. The molecule has 6 nitrogen and oxygen atoms in total. The second kappa shape index (κ2) is 6.50. The van der Waals surface area contributed by atoms with E-state index in [1.54, 1.807) is 4.90 Å². The quantitative estimate of drug-likeness (QED) is 0.842. The topological polar surface area (TPSA) is 62.2 Å². The van der Waals surface area contributed by atoms with E-state index in [9.17, 15) is 9.90 Å². The van der Waals surface area contributed by atoms with E-state index in [4.69, 9.17) is 9.47 Å². The number of hydrogen-bond acceptors (Lipinski definition) is 5. The standard InChI is InChI=1S/C15H28N2O4/c1-5-6-17(12-9-20-10-13(12)18)11-7-16(8-11)14(19)21-15(2,3)4/h11-13,18H,5-10H2,1-4H3/t12-,13-/m1/s1. The summed E-state index contributed by atoms with van der Waals surface area (Å²) in [6.07, 6.45) is 0.345. The van der Waals surface area contributed by atoms with Crippen molar-refractivity contribution in [2.24, 2.45) is 0 Å². The molecule has 0 aromatic rings. The molecule has 2 atom stereocenters. The van der Waals surface area contributed by atoms with E-state index >= 15 is 0 Å². The average molecular weight is 300 g/mol. The van der Waals surface area contributed by atoms with Gasteiger partial charge in [-0.15, -0.1) is 0 Å². The van der Waals surface area contributed by atoms with Gasteiger partial charge in [0.1, 0.15) is 5.60 Å². The molecule has 2 rings (SSSR count). The van der Waals surface area contributed by atoms with Crippen molar-refractivity contribution in [1.82, 2.24) is 9.80 Å². The fourth-order valence-electron chi connectivity index (χ4n) is 2.87. The van der Waals surface area contributed by atoms with Crippen molar-refractivity contribution in [3.05, 3.63) is 0 Å². The first-order chi connectivity index (χ1) is 9.81. The molecule has 1 amide bonds. The predicted octanol–water partition coefficient (Wildman–Crippen LogP) is 1.08. The Morgan fingerprint density at radius 2 is 2.05 bits per heavy atom. The summed E-state index contributed by atoms with van der Waals surface area (Å²) in [5.41, 5.74) is -0.458. The molecule has 0 aromatic heterocycles.